The number of hydrogen-bond acceptors (Lipinski definition) is 4. The average Bonchev–Trinajstić information content (AvgIpc) is 3.03. The van der Waals surface area contributed by atoms with Crippen molar-refractivity contribution >= 4 is 17.6 Å². The lowest BCUT2D eigenvalue weighted by atomic mass is 10.1. The molecule has 9 heteroatoms. The summed E-state index contributed by atoms with van der Waals surface area (Å²) < 4.78 is 41.6. The molecule has 0 bridgehead atoms. The van der Waals surface area contributed by atoms with Crippen molar-refractivity contribution in [1.29, 1.82) is 0 Å². The second kappa shape index (κ2) is 8.33. The zero-order valence-electron chi connectivity index (χ0n) is 16.8. The number of hydrogen-bond donors (Lipinski definition) is 1. The Labute approximate surface area is 172 Å². The Bertz CT molecular complexity index is 943. The van der Waals surface area contributed by atoms with E-state index in [1.54, 1.807) is 36.9 Å². The van der Waals surface area contributed by atoms with Crippen molar-refractivity contribution in [2.75, 3.05) is 11.9 Å². The molecule has 1 aromatic heterocycles. The molecule has 0 aliphatic carbocycles. The predicted molar refractivity (Wildman–Crippen MR) is 104 cm³/mol. The number of ether oxygens (including phenoxy) is 1. The van der Waals surface area contributed by atoms with E-state index in [-0.39, 0.29) is 36.1 Å². The van der Waals surface area contributed by atoms with Crippen molar-refractivity contribution in [2.24, 2.45) is 5.92 Å². The number of fused-ring (bicyclic) bond motifs is 1. The lowest BCUT2D eigenvalue weighted by Crippen LogP contribution is -2.27. The second-order valence-electron chi connectivity index (χ2n) is 7.41. The third kappa shape index (κ3) is 4.72. The second-order valence-corrected chi connectivity index (χ2v) is 7.41. The fourth-order valence-corrected chi connectivity index (χ4v) is 3.12. The van der Waals surface area contributed by atoms with Crippen LogP contribution in [0.2, 0.25) is 0 Å². The van der Waals surface area contributed by atoms with Crippen LogP contribution in [-0.2, 0) is 11.3 Å². The van der Waals surface area contributed by atoms with Crippen LogP contribution in [0.5, 0.6) is 5.75 Å². The van der Waals surface area contributed by atoms with Gasteiger partial charge in [-0.2, -0.15) is 13.2 Å². The number of anilines is 1. The summed E-state index contributed by atoms with van der Waals surface area (Å²) in [6.07, 6.45) is -2.93. The van der Waals surface area contributed by atoms with Crippen molar-refractivity contribution in [1.82, 2.24) is 9.88 Å². The molecule has 0 saturated heterocycles. The van der Waals surface area contributed by atoms with Crippen LogP contribution < -0.4 is 10.1 Å². The van der Waals surface area contributed by atoms with Gasteiger partial charge in [0.15, 0.2) is 6.61 Å². The number of halogens is 3. The van der Waals surface area contributed by atoms with E-state index in [0.29, 0.717) is 16.9 Å². The molecule has 1 aliphatic rings. The summed E-state index contributed by atoms with van der Waals surface area (Å²) in [6, 6.07) is 7.43. The largest absolute Gasteiger partial charge is 0.484 e. The van der Waals surface area contributed by atoms with Gasteiger partial charge < -0.3 is 15.0 Å². The molecule has 2 amide bonds. The van der Waals surface area contributed by atoms with Crippen LogP contribution in [0.15, 0.2) is 36.5 Å². The van der Waals surface area contributed by atoms with Crippen molar-refractivity contribution in [3.63, 3.8) is 0 Å². The summed E-state index contributed by atoms with van der Waals surface area (Å²) in [4.78, 5) is 30.8. The van der Waals surface area contributed by atoms with Crippen LogP contribution in [0.4, 0.5) is 19.0 Å². The first-order valence-electron chi connectivity index (χ1n) is 9.46. The number of nitrogens with zero attached hydrogens (tertiary/aromatic N) is 2. The predicted octanol–water partition coefficient (Wildman–Crippen LogP) is 4.33. The maximum atomic E-state index is 12.9. The first-order valence-corrected chi connectivity index (χ1v) is 9.46. The highest BCUT2D eigenvalue weighted by Crippen LogP contribution is 2.34. The van der Waals surface area contributed by atoms with Crippen LogP contribution in [0, 0.1) is 5.92 Å². The molecular weight excluding hydrogens is 399 g/mol. The SMILES string of the molecule is CC(C)C(=O)Nc1nccc2c1CN(C(C)c1ccc(OCC(F)(F)F)cc1)C2=O. The zero-order valence-corrected chi connectivity index (χ0v) is 16.8. The molecule has 1 unspecified atom stereocenters. The zero-order chi connectivity index (χ0) is 22.1. The normalized spacial score (nSPS) is 14.6. The highest BCUT2D eigenvalue weighted by molar-refractivity contribution is 6.01. The standard InChI is InChI=1S/C21H22F3N3O3/c1-12(2)19(28)26-18-17-10-27(20(29)16(17)8-9-25-18)13(3)14-4-6-15(7-5-14)30-11-21(22,23)24/h4-9,12-13H,10-11H2,1-3H3,(H,25,26,28). The first kappa shape index (κ1) is 21.6. The Balaban J connectivity index is 1.75. The Morgan fingerprint density at radius 3 is 2.47 bits per heavy atom. The third-order valence-corrected chi connectivity index (χ3v) is 4.87. The number of rotatable bonds is 6. The summed E-state index contributed by atoms with van der Waals surface area (Å²) in [7, 11) is 0. The maximum Gasteiger partial charge on any atom is 0.422 e. The molecular formula is C21H22F3N3O3. The maximum absolute atomic E-state index is 12.9. The number of aromatic nitrogens is 1. The number of carbonyl (C=O) groups is 2. The molecule has 2 aromatic rings. The monoisotopic (exact) mass is 421 g/mol. The average molecular weight is 421 g/mol. The molecule has 0 fully saturated rings. The Morgan fingerprint density at radius 2 is 1.87 bits per heavy atom. The van der Waals surface area contributed by atoms with E-state index in [4.69, 9.17) is 4.74 Å². The molecule has 1 aliphatic heterocycles. The van der Waals surface area contributed by atoms with Crippen LogP contribution in [0.1, 0.15) is 48.3 Å². The van der Waals surface area contributed by atoms with Crippen LogP contribution in [0.3, 0.4) is 0 Å². The van der Waals surface area contributed by atoms with Gasteiger partial charge in [-0.3, -0.25) is 9.59 Å². The first-order chi connectivity index (χ1) is 14.1. The summed E-state index contributed by atoms with van der Waals surface area (Å²) in [5.74, 6) is -0.151. The summed E-state index contributed by atoms with van der Waals surface area (Å²) >= 11 is 0. The number of nitrogens with one attached hydrogen (secondary N) is 1. The number of amides is 2. The van der Waals surface area contributed by atoms with Crippen LogP contribution >= 0.6 is 0 Å². The fourth-order valence-electron chi connectivity index (χ4n) is 3.12. The fraction of sp³-hybridized carbons (Fsp3) is 0.381. The van der Waals surface area contributed by atoms with Crippen molar-refractivity contribution in [2.45, 2.75) is 39.5 Å². The molecule has 160 valence electrons. The quantitative estimate of drug-likeness (QED) is 0.754. The minimum atomic E-state index is -4.41. The topological polar surface area (TPSA) is 71.5 Å². The van der Waals surface area contributed by atoms with Crippen molar-refractivity contribution < 1.29 is 27.5 Å². The summed E-state index contributed by atoms with van der Waals surface area (Å²) in [5.41, 5.74) is 1.87. The number of alkyl halides is 3. The van der Waals surface area contributed by atoms with E-state index in [9.17, 15) is 22.8 Å². The van der Waals surface area contributed by atoms with Gasteiger partial charge in [0.05, 0.1) is 12.6 Å². The number of benzene rings is 1. The smallest absolute Gasteiger partial charge is 0.422 e. The minimum Gasteiger partial charge on any atom is -0.484 e. The number of pyridine rings is 1. The van der Waals surface area contributed by atoms with Gasteiger partial charge in [0, 0.05) is 23.2 Å². The highest BCUT2D eigenvalue weighted by atomic mass is 19.4. The van der Waals surface area contributed by atoms with E-state index in [1.807, 2.05) is 6.92 Å². The van der Waals surface area contributed by atoms with Gasteiger partial charge in [-0.15, -0.1) is 0 Å². The summed E-state index contributed by atoms with van der Waals surface area (Å²) in [6.45, 7) is 4.26. The molecule has 2 heterocycles. The molecule has 30 heavy (non-hydrogen) atoms. The van der Waals surface area contributed by atoms with Crippen LogP contribution in [0.25, 0.3) is 0 Å². The van der Waals surface area contributed by atoms with Gasteiger partial charge >= 0.3 is 6.18 Å². The lowest BCUT2D eigenvalue weighted by molar-refractivity contribution is -0.153. The Morgan fingerprint density at radius 1 is 1.20 bits per heavy atom. The van der Waals surface area contributed by atoms with E-state index < -0.39 is 12.8 Å². The van der Waals surface area contributed by atoms with Crippen molar-refractivity contribution in [3.8, 4) is 5.75 Å². The van der Waals surface area contributed by atoms with Gasteiger partial charge in [-0.25, -0.2) is 4.98 Å². The Hall–Kier alpha value is -3.10. The molecule has 0 spiro atoms. The summed E-state index contributed by atoms with van der Waals surface area (Å²) in [5, 5.41) is 2.76. The molecule has 1 atom stereocenters. The lowest BCUT2D eigenvalue weighted by Gasteiger charge is -2.25. The molecule has 0 saturated carbocycles. The van der Waals surface area contributed by atoms with E-state index in [0.717, 1.165) is 5.56 Å². The molecule has 3 rings (SSSR count). The number of carbonyl (C=O) groups excluding carboxylic acids is 2. The van der Waals surface area contributed by atoms with Gasteiger partial charge in [0.1, 0.15) is 11.6 Å². The van der Waals surface area contributed by atoms with E-state index >= 15 is 0 Å². The van der Waals surface area contributed by atoms with Gasteiger partial charge in [-0.1, -0.05) is 26.0 Å². The van der Waals surface area contributed by atoms with Crippen molar-refractivity contribution in [3.05, 3.63) is 53.2 Å². The highest BCUT2D eigenvalue weighted by Gasteiger charge is 2.34. The van der Waals surface area contributed by atoms with Gasteiger partial charge in [0.25, 0.3) is 5.91 Å². The van der Waals surface area contributed by atoms with Gasteiger partial charge in [0.2, 0.25) is 5.91 Å². The van der Waals surface area contributed by atoms with E-state index in [2.05, 4.69) is 10.3 Å². The molecule has 0 radical (unpaired) electrons. The van der Waals surface area contributed by atoms with Gasteiger partial charge in [-0.05, 0) is 30.7 Å². The molecule has 1 N–H and O–H groups in total. The third-order valence-electron chi connectivity index (χ3n) is 4.87. The molecule has 1 aromatic carbocycles. The molecule has 6 nitrogen and oxygen atoms in total. The van der Waals surface area contributed by atoms with E-state index in [1.165, 1.54) is 18.3 Å². The van der Waals surface area contributed by atoms with Crippen LogP contribution in [-0.4, -0.2) is 34.5 Å². The minimum absolute atomic E-state index is 0.0993. The Kier molecular flexibility index (Phi) is 6.00.